The van der Waals surface area contributed by atoms with E-state index in [1.165, 1.54) is 193 Å². The lowest BCUT2D eigenvalue weighted by Crippen LogP contribution is -2.60. The van der Waals surface area contributed by atoms with E-state index in [1.807, 2.05) is 0 Å². The first kappa shape index (κ1) is 64.4. The molecule has 0 aromatic rings. The van der Waals surface area contributed by atoms with E-state index in [0.717, 1.165) is 38.5 Å². The molecule has 68 heavy (non-hydrogen) atoms. The average Bonchev–Trinajstić information content (AvgIpc) is 3.31. The number of hydrogen-bond acceptors (Lipinski definition) is 11. The van der Waals surface area contributed by atoms with E-state index in [4.69, 9.17) is 18.9 Å². The highest BCUT2D eigenvalue weighted by Crippen LogP contribution is 2.24. The maximum absolute atomic E-state index is 12.9. The van der Waals surface area contributed by atoms with E-state index < -0.39 is 71.2 Å². The molecule has 1 aliphatic rings. The van der Waals surface area contributed by atoms with Crippen molar-refractivity contribution >= 4 is 22.1 Å². The van der Waals surface area contributed by atoms with Gasteiger partial charge in [-0.1, -0.05) is 231 Å². The average molecular weight is 989 g/mol. The molecular formula is C55H104O12S. The second-order valence-corrected chi connectivity index (χ2v) is 21.5. The Hall–Kier alpha value is -1.61. The molecule has 0 spiro atoms. The summed E-state index contributed by atoms with van der Waals surface area (Å²) in [6, 6.07) is 0. The molecule has 0 aromatic heterocycles. The third kappa shape index (κ3) is 39.1. The van der Waals surface area contributed by atoms with Crippen molar-refractivity contribution in [1.82, 2.24) is 0 Å². The van der Waals surface area contributed by atoms with E-state index in [1.54, 1.807) is 0 Å². The molecule has 1 saturated heterocycles. The highest BCUT2D eigenvalue weighted by atomic mass is 32.2. The Morgan fingerprint density at radius 2 is 0.838 bits per heavy atom. The summed E-state index contributed by atoms with van der Waals surface area (Å²) in [4.78, 5) is 25.6. The second kappa shape index (κ2) is 45.3. The number of rotatable bonds is 49. The van der Waals surface area contributed by atoms with Crippen LogP contribution in [-0.2, 0) is 38.7 Å². The van der Waals surface area contributed by atoms with E-state index in [0.29, 0.717) is 12.8 Å². The molecule has 0 saturated carbocycles. The maximum atomic E-state index is 12.9. The quantitative estimate of drug-likeness (QED) is 0.0196. The maximum Gasteiger partial charge on any atom is 0.306 e. The third-order valence-corrected chi connectivity index (χ3v) is 14.1. The van der Waals surface area contributed by atoms with Gasteiger partial charge in [0.1, 0.15) is 36.8 Å². The van der Waals surface area contributed by atoms with Crippen molar-refractivity contribution in [3.05, 3.63) is 12.2 Å². The SMILES string of the molecule is CCCCCC/C=C/CCCCCCCCCCCC(=O)OC[C@H](CO[C@H]1O[C@H](CS(=O)(=O)O)[C@@H](O)C(O)C1O)OC(=O)CCCCCCCCCCCCCCCCCCCCCCCCC. The molecule has 4 N–H and O–H groups in total. The molecule has 2 unspecified atom stereocenters. The lowest BCUT2D eigenvalue weighted by Gasteiger charge is -2.40. The van der Waals surface area contributed by atoms with Crippen LogP contribution in [0, 0.1) is 0 Å². The van der Waals surface area contributed by atoms with Crippen LogP contribution in [0.3, 0.4) is 0 Å². The van der Waals surface area contributed by atoms with Crippen molar-refractivity contribution < 1.29 is 56.8 Å². The van der Waals surface area contributed by atoms with Crippen LogP contribution in [0.4, 0.5) is 0 Å². The van der Waals surface area contributed by atoms with Gasteiger partial charge >= 0.3 is 11.9 Å². The van der Waals surface area contributed by atoms with Crippen molar-refractivity contribution in [2.24, 2.45) is 0 Å². The minimum absolute atomic E-state index is 0.171. The summed E-state index contributed by atoms with van der Waals surface area (Å²) in [6.07, 6.45) is 42.5. The molecule has 402 valence electrons. The molecule has 6 atom stereocenters. The van der Waals surface area contributed by atoms with Gasteiger partial charge in [0.15, 0.2) is 12.4 Å². The summed E-state index contributed by atoms with van der Waals surface area (Å²) in [5.74, 6) is -1.96. The first-order chi connectivity index (χ1) is 33.0. The van der Waals surface area contributed by atoms with Crippen LogP contribution in [0.1, 0.15) is 271 Å². The van der Waals surface area contributed by atoms with E-state index >= 15 is 0 Å². The predicted octanol–water partition coefficient (Wildman–Crippen LogP) is 13.4. The molecule has 0 amide bonds. The molecular weight excluding hydrogens is 885 g/mol. The highest BCUT2D eigenvalue weighted by molar-refractivity contribution is 7.85. The normalized spacial score (nSPS) is 19.2. The fourth-order valence-corrected chi connectivity index (χ4v) is 9.66. The Bertz CT molecular complexity index is 1300. The summed E-state index contributed by atoms with van der Waals surface area (Å²) in [7, 11) is -4.60. The summed E-state index contributed by atoms with van der Waals surface area (Å²) in [5, 5.41) is 31.0. The lowest BCUT2D eigenvalue weighted by molar-refractivity contribution is -0.297. The van der Waals surface area contributed by atoms with E-state index in [2.05, 4.69) is 26.0 Å². The molecule has 1 aliphatic heterocycles. The van der Waals surface area contributed by atoms with Crippen molar-refractivity contribution in [3.63, 3.8) is 0 Å². The Kier molecular flexibility index (Phi) is 42.9. The number of hydrogen-bond donors (Lipinski definition) is 4. The number of carbonyl (C=O) groups is 2. The summed E-state index contributed by atoms with van der Waals surface area (Å²) in [6.45, 7) is 3.81. The zero-order chi connectivity index (χ0) is 49.8. The Balaban J connectivity index is 2.30. The minimum Gasteiger partial charge on any atom is -0.462 e. The molecule has 1 fully saturated rings. The van der Waals surface area contributed by atoms with E-state index in [-0.39, 0.29) is 19.4 Å². The van der Waals surface area contributed by atoms with Crippen LogP contribution in [0.25, 0.3) is 0 Å². The van der Waals surface area contributed by atoms with Gasteiger partial charge in [-0.15, -0.1) is 0 Å². The van der Waals surface area contributed by atoms with Crippen LogP contribution < -0.4 is 0 Å². The molecule has 0 radical (unpaired) electrons. The van der Waals surface area contributed by atoms with Gasteiger partial charge in [0.2, 0.25) is 0 Å². The molecule has 12 nitrogen and oxygen atoms in total. The minimum atomic E-state index is -4.60. The molecule has 0 aromatic carbocycles. The van der Waals surface area contributed by atoms with Crippen molar-refractivity contribution in [2.45, 2.75) is 307 Å². The van der Waals surface area contributed by atoms with Crippen LogP contribution >= 0.6 is 0 Å². The smallest absolute Gasteiger partial charge is 0.306 e. The van der Waals surface area contributed by atoms with Gasteiger partial charge in [0.25, 0.3) is 10.1 Å². The highest BCUT2D eigenvalue weighted by Gasteiger charge is 2.46. The number of esters is 2. The summed E-state index contributed by atoms with van der Waals surface area (Å²) >= 11 is 0. The van der Waals surface area contributed by atoms with Crippen LogP contribution in [-0.4, -0.2) is 96.0 Å². The van der Waals surface area contributed by atoms with Gasteiger partial charge < -0.3 is 34.3 Å². The van der Waals surface area contributed by atoms with Gasteiger partial charge in [-0.25, -0.2) is 0 Å². The molecule has 1 rings (SSSR count). The van der Waals surface area contributed by atoms with E-state index in [9.17, 15) is 37.9 Å². The Labute approximate surface area is 416 Å². The van der Waals surface area contributed by atoms with Crippen LogP contribution in [0.5, 0.6) is 0 Å². The van der Waals surface area contributed by atoms with Crippen molar-refractivity contribution in [2.75, 3.05) is 19.0 Å². The molecule has 1 heterocycles. The molecule has 13 heteroatoms. The monoisotopic (exact) mass is 989 g/mol. The van der Waals surface area contributed by atoms with Gasteiger partial charge in [-0.05, 0) is 38.5 Å². The predicted molar refractivity (Wildman–Crippen MR) is 275 cm³/mol. The van der Waals surface area contributed by atoms with Gasteiger partial charge in [0.05, 0.1) is 6.61 Å². The fraction of sp³-hybridized carbons (Fsp3) is 0.927. The number of allylic oxidation sites excluding steroid dienone is 2. The standard InChI is InChI=1S/C55H104O12S/c1-3-5-7-9-11-13-15-17-19-21-22-23-24-25-26-28-30-32-34-36-38-40-42-44-51(57)66-48(46-65-55-54(60)53(59)52(58)49(67-55)47-68(61,62)63)45-64-50(56)43-41-39-37-35-33-31-29-27-20-18-16-14-12-10-8-6-4-2/h14,16,48-49,52-55,58-60H,3-13,15,17-47H2,1-2H3,(H,61,62,63)/b16-14+/t48-,49-,52-,53?,54?,55+/m1/s1. The second-order valence-electron chi connectivity index (χ2n) is 20.0. The number of aliphatic hydroxyl groups excluding tert-OH is 3. The van der Waals surface area contributed by atoms with Gasteiger partial charge in [-0.3, -0.25) is 14.1 Å². The zero-order valence-electron chi connectivity index (χ0n) is 43.5. The lowest BCUT2D eigenvalue weighted by atomic mass is 10.00. The van der Waals surface area contributed by atoms with Gasteiger partial charge in [0, 0.05) is 12.8 Å². The fourth-order valence-electron chi connectivity index (χ4n) is 8.97. The topological polar surface area (TPSA) is 186 Å². The van der Waals surface area contributed by atoms with Crippen LogP contribution in [0.15, 0.2) is 12.2 Å². The number of ether oxygens (including phenoxy) is 4. The number of carbonyl (C=O) groups excluding carboxylic acids is 2. The first-order valence-corrected chi connectivity index (χ1v) is 29.9. The van der Waals surface area contributed by atoms with Crippen LogP contribution in [0.2, 0.25) is 0 Å². The van der Waals surface area contributed by atoms with Gasteiger partial charge in [-0.2, -0.15) is 8.42 Å². The Morgan fingerprint density at radius 1 is 0.485 bits per heavy atom. The first-order valence-electron chi connectivity index (χ1n) is 28.2. The van der Waals surface area contributed by atoms with Crippen molar-refractivity contribution in [3.8, 4) is 0 Å². The number of aliphatic hydroxyl groups is 3. The zero-order valence-corrected chi connectivity index (χ0v) is 44.3. The largest absolute Gasteiger partial charge is 0.462 e. The number of unbranched alkanes of at least 4 members (excludes halogenated alkanes) is 35. The summed E-state index contributed by atoms with van der Waals surface area (Å²) in [5.41, 5.74) is 0. The summed E-state index contributed by atoms with van der Waals surface area (Å²) < 4.78 is 54.4. The Morgan fingerprint density at radius 3 is 1.24 bits per heavy atom. The molecule has 0 bridgehead atoms. The molecule has 0 aliphatic carbocycles. The van der Waals surface area contributed by atoms with Crippen molar-refractivity contribution in [1.29, 1.82) is 0 Å². The third-order valence-electron chi connectivity index (χ3n) is 13.3.